The van der Waals surface area contributed by atoms with E-state index in [0.29, 0.717) is 0 Å². The third-order valence-corrected chi connectivity index (χ3v) is 5.39. The van der Waals surface area contributed by atoms with Crippen LogP contribution in [0.4, 0.5) is 0 Å². The van der Waals surface area contributed by atoms with Gasteiger partial charge in [0, 0.05) is 18.2 Å². The highest BCUT2D eigenvalue weighted by Gasteiger charge is 2.28. The Morgan fingerprint density at radius 1 is 0.970 bits per heavy atom. The first-order valence-electron chi connectivity index (χ1n) is 10.7. The monoisotopic (exact) mass is 448 g/mol. The van der Waals surface area contributed by atoms with E-state index >= 15 is 0 Å². The van der Waals surface area contributed by atoms with Crippen LogP contribution in [0.5, 0.6) is 11.5 Å². The van der Waals surface area contributed by atoms with E-state index in [4.69, 9.17) is 9.47 Å². The standard InChI is InChI=1S/C26H28N2O5/c1-16-10-12-20(13-11-16)22(19-8-6-5-7-9-19)18(3)33-26(31)17(2)28-25(30)23-24(29)21(32-4)14-15-27-23/h5-15,17-18,22,29H,1-4H3,(H,28,30)/t17-,18-,22+/m0/s1. The predicted molar refractivity (Wildman–Crippen MR) is 124 cm³/mol. The Balaban J connectivity index is 1.74. The number of aromatic nitrogens is 1. The van der Waals surface area contributed by atoms with Crippen LogP contribution in [-0.2, 0) is 9.53 Å². The number of nitrogens with zero attached hydrogens (tertiary/aromatic N) is 1. The number of benzene rings is 2. The average Bonchev–Trinajstić information content (AvgIpc) is 2.81. The molecule has 0 aliphatic carbocycles. The summed E-state index contributed by atoms with van der Waals surface area (Å²) in [5, 5.41) is 12.7. The molecule has 0 radical (unpaired) electrons. The van der Waals surface area contributed by atoms with Crippen LogP contribution in [0.1, 0.15) is 46.9 Å². The van der Waals surface area contributed by atoms with Gasteiger partial charge in [0.2, 0.25) is 0 Å². The van der Waals surface area contributed by atoms with Crippen LogP contribution < -0.4 is 10.1 Å². The second-order valence-electron chi connectivity index (χ2n) is 7.85. The zero-order chi connectivity index (χ0) is 24.0. The van der Waals surface area contributed by atoms with Crippen LogP contribution >= 0.6 is 0 Å². The first kappa shape index (κ1) is 23.8. The predicted octanol–water partition coefficient (Wildman–Crippen LogP) is 3.99. The van der Waals surface area contributed by atoms with Crippen molar-refractivity contribution in [2.45, 2.75) is 38.8 Å². The molecular formula is C26H28N2O5. The summed E-state index contributed by atoms with van der Waals surface area (Å²) < 4.78 is 10.8. The zero-order valence-electron chi connectivity index (χ0n) is 19.1. The van der Waals surface area contributed by atoms with Crippen LogP contribution in [0, 0.1) is 6.92 Å². The van der Waals surface area contributed by atoms with Crippen molar-refractivity contribution in [3.05, 3.63) is 89.2 Å². The van der Waals surface area contributed by atoms with Gasteiger partial charge in [-0.05, 0) is 31.9 Å². The number of carbonyl (C=O) groups excluding carboxylic acids is 2. The highest BCUT2D eigenvalue weighted by atomic mass is 16.5. The summed E-state index contributed by atoms with van der Waals surface area (Å²) in [7, 11) is 1.37. The maximum Gasteiger partial charge on any atom is 0.328 e. The van der Waals surface area contributed by atoms with Crippen LogP contribution in [-0.4, -0.2) is 41.2 Å². The summed E-state index contributed by atoms with van der Waals surface area (Å²) in [6, 6.07) is 18.4. The lowest BCUT2D eigenvalue weighted by Gasteiger charge is -2.26. The molecule has 1 aromatic heterocycles. The Kier molecular flexibility index (Phi) is 7.66. The molecule has 3 atom stereocenters. The normalized spacial score (nSPS) is 13.5. The first-order valence-corrected chi connectivity index (χ1v) is 10.7. The molecule has 1 amide bonds. The Labute approximate surface area is 193 Å². The SMILES string of the molecule is COc1ccnc(C(=O)N[C@@H](C)C(=O)O[C@@H](C)[C@H](c2ccccc2)c2ccc(C)cc2)c1O. The minimum atomic E-state index is -0.957. The van der Waals surface area contributed by atoms with Crippen molar-refractivity contribution >= 4 is 11.9 Å². The van der Waals surface area contributed by atoms with Crippen LogP contribution in [0.25, 0.3) is 0 Å². The van der Waals surface area contributed by atoms with E-state index in [-0.39, 0.29) is 17.4 Å². The Morgan fingerprint density at radius 2 is 1.61 bits per heavy atom. The minimum Gasteiger partial charge on any atom is -0.503 e. The molecule has 0 aliphatic rings. The fourth-order valence-electron chi connectivity index (χ4n) is 3.61. The molecule has 0 fully saturated rings. The van der Waals surface area contributed by atoms with Gasteiger partial charge in [-0.15, -0.1) is 0 Å². The van der Waals surface area contributed by atoms with Gasteiger partial charge in [0.1, 0.15) is 12.1 Å². The van der Waals surface area contributed by atoms with Gasteiger partial charge in [-0.25, -0.2) is 9.78 Å². The highest BCUT2D eigenvalue weighted by Crippen LogP contribution is 2.30. The molecule has 1 heterocycles. The first-order chi connectivity index (χ1) is 15.8. The number of ether oxygens (including phenoxy) is 2. The van der Waals surface area contributed by atoms with Crippen molar-refractivity contribution in [1.29, 1.82) is 0 Å². The zero-order valence-corrected chi connectivity index (χ0v) is 19.1. The number of rotatable bonds is 8. The van der Waals surface area contributed by atoms with E-state index in [1.165, 1.54) is 26.3 Å². The highest BCUT2D eigenvalue weighted by molar-refractivity contribution is 5.97. The summed E-state index contributed by atoms with van der Waals surface area (Å²) in [5.74, 6) is -1.76. The van der Waals surface area contributed by atoms with E-state index in [1.54, 1.807) is 0 Å². The molecule has 0 spiro atoms. The van der Waals surface area contributed by atoms with E-state index in [2.05, 4.69) is 10.3 Å². The number of nitrogens with one attached hydrogen (secondary N) is 1. The van der Waals surface area contributed by atoms with Gasteiger partial charge in [-0.3, -0.25) is 4.79 Å². The largest absolute Gasteiger partial charge is 0.503 e. The maximum absolute atomic E-state index is 12.8. The molecule has 0 saturated heterocycles. The quantitative estimate of drug-likeness (QED) is 0.506. The third kappa shape index (κ3) is 5.68. The van der Waals surface area contributed by atoms with Gasteiger partial charge in [0.25, 0.3) is 5.91 Å². The summed E-state index contributed by atoms with van der Waals surface area (Å²) in [6.07, 6.45) is 0.843. The molecule has 172 valence electrons. The molecular weight excluding hydrogens is 420 g/mol. The average molecular weight is 449 g/mol. The lowest BCUT2D eigenvalue weighted by molar-refractivity contribution is -0.150. The molecule has 0 unspecified atom stereocenters. The lowest BCUT2D eigenvalue weighted by atomic mass is 9.87. The number of aromatic hydroxyl groups is 1. The Bertz CT molecular complexity index is 1100. The van der Waals surface area contributed by atoms with Gasteiger partial charge in [-0.1, -0.05) is 60.2 Å². The number of aryl methyl sites for hydroxylation is 1. The van der Waals surface area contributed by atoms with Crippen LogP contribution in [0.2, 0.25) is 0 Å². The van der Waals surface area contributed by atoms with Crippen molar-refractivity contribution in [3.63, 3.8) is 0 Å². The fourth-order valence-corrected chi connectivity index (χ4v) is 3.61. The number of methoxy groups -OCH3 is 1. The summed E-state index contributed by atoms with van der Waals surface area (Å²) >= 11 is 0. The minimum absolute atomic E-state index is 0.114. The van der Waals surface area contributed by atoms with Gasteiger partial charge in [-0.2, -0.15) is 0 Å². The molecule has 33 heavy (non-hydrogen) atoms. The van der Waals surface area contributed by atoms with Crippen LogP contribution in [0.3, 0.4) is 0 Å². The van der Waals surface area contributed by atoms with Gasteiger partial charge in [0.05, 0.1) is 7.11 Å². The summed E-state index contributed by atoms with van der Waals surface area (Å²) in [5.41, 5.74) is 2.95. The van der Waals surface area contributed by atoms with E-state index in [9.17, 15) is 14.7 Å². The molecule has 3 aromatic rings. The van der Waals surface area contributed by atoms with E-state index in [1.807, 2.05) is 68.4 Å². The van der Waals surface area contributed by atoms with Crippen molar-refractivity contribution in [1.82, 2.24) is 10.3 Å². The summed E-state index contributed by atoms with van der Waals surface area (Å²) in [6.45, 7) is 5.37. The molecule has 3 rings (SSSR count). The van der Waals surface area contributed by atoms with Crippen molar-refractivity contribution in [3.8, 4) is 11.5 Å². The molecule has 7 heteroatoms. The lowest BCUT2D eigenvalue weighted by Crippen LogP contribution is -2.41. The smallest absolute Gasteiger partial charge is 0.328 e. The van der Waals surface area contributed by atoms with Gasteiger partial charge in [0.15, 0.2) is 17.2 Å². The maximum atomic E-state index is 12.8. The Morgan fingerprint density at radius 3 is 2.24 bits per heavy atom. The second kappa shape index (κ2) is 10.6. The second-order valence-corrected chi connectivity index (χ2v) is 7.85. The topological polar surface area (TPSA) is 97.8 Å². The molecule has 0 aliphatic heterocycles. The molecule has 2 aromatic carbocycles. The molecule has 0 saturated carbocycles. The number of esters is 1. The third-order valence-electron chi connectivity index (χ3n) is 5.39. The molecule has 0 bridgehead atoms. The molecule has 2 N–H and O–H groups in total. The van der Waals surface area contributed by atoms with Gasteiger partial charge < -0.3 is 19.9 Å². The number of pyridine rings is 1. The number of carbonyl (C=O) groups is 2. The van der Waals surface area contributed by atoms with Crippen LogP contribution in [0.15, 0.2) is 66.9 Å². The number of hydrogen-bond acceptors (Lipinski definition) is 6. The fraction of sp³-hybridized carbons (Fsp3) is 0.269. The van der Waals surface area contributed by atoms with Gasteiger partial charge >= 0.3 is 5.97 Å². The number of hydrogen-bond donors (Lipinski definition) is 2. The van der Waals surface area contributed by atoms with E-state index < -0.39 is 29.8 Å². The van der Waals surface area contributed by atoms with Crippen molar-refractivity contribution in [2.75, 3.05) is 7.11 Å². The van der Waals surface area contributed by atoms with E-state index in [0.717, 1.165) is 16.7 Å². The number of amides is 1. The summed E-state index contributed by atoms with van der Waals surface area (Å²) in [4.78, 5) is 29.2. The van der Waals surface area contributed by atoms with Crippen molar-refractivity contribution in [2.24, 2.45) is 0 Å². The Hall–Kier alpha value is -3.87. The van der Waals surface area contributed by atoms with Crippen molar-refractivity contribution < 1.29 is 24.2 Å². The molecule has 7 nitrogen and oxygen atoms in total.